The third-order valence-corrected chi connectivity index (χ3v) is 4.14. The monoisotopic (exact) mass is 260 g/mol. The summed E-state index contributed by atoms with van der Waals surface area (Å²) in [5.41, 5.74) is 8.12. The summed E-state index contributed by atoms with van der Waals surface area (Å²) >= 11 is 0. The molecule has 104 valence electrons. The first-order valence-electron chi connectivity index (χ1n) is 7.20. The Morgan fingerprint density at radius 2 is 2.00 bits per heavy atom. The Hall–Kier alpha value is -1.51. The lowest BCUT2D eigenvalue weighted by Crippen LogP contribution is -2.31. The molecule has 1 aromatic carbocycles. The summed E-state index contributed by atoms with van der Waals surface area (Å²) in [7, 11) is 0. The zero-order chi connectivity index (χ0) is 13.8. The second kappa shape index (κ2) is 6.09. The lowest BCUT2D eigenvalue weighted by molar-refractivity contribution is 0.0943. The van der Waals surface area contributed by atoms with Crippen LogP contribution in [0.15, 0.2) is 18.2 Å². The second-order valence-corrected chi connectivity index (χ2v) is 5.93. The van der Waals surface area contributed by atoms with E-state index >= 15 is 0 Å². The van der Waals surface area contributed by atoms with Crippen LogP contribution in [0.1, 0.15) is 48.5 Å². The highest BCUT2D eigenvalue weighted by Crippen LogP contribution is 2.27. The van der Waals surface area contributed by atoms with E-state index in [1.54, 1.807) is 0 Å². The molecule has 3 heteroatoms. The SMILES string of the molecule is Cc1ccc(C(=O)NCC2CCC(C)CC2)c(N)c1. The highest BCUT2D eigenvalue weighted by Gasteiger charge is 2.19. The highest BCUT2D eigenvalue weighted by molar-refractivity contribution is 5.99. The Labute approximate surface area is 115 Å². The molecule has 1 aliphatic carbocycles. The van der Waals surface area contributed by atoms with Gasteiger partial charge < -0.3 is 11.1 Å². The zero-order valence-corrected chi connectivity index (χ0v) is 11.9. The molecule has 0 unspecified atom stereocenters. The lowest BCUT2D eigenvalue weighted by Gasteiger charge is -2.26. The van der Waals surface area contributed by atoms with Crippen LogP contribution in [0, 0.1) is 18.8 Å². The number of benzene rings is 1. The van der Waals surface area contributed by atoms with Gasteiger partial charge in [-0.1, -0.05) is 25.8 Å². The van der Waals surface area contributed by atoms with Gasteiger partial charge in [0.2, 0.25) is 0 Å². The topological polar surface area (TPSA) is 55.1 Å². The Bertz CT molecular complexity index is 448. The van der Waals surface area contributed by atoms with Crippen molar-refractivity contribution in [2.45, 2.75) is 39.5 Å². The fourth-order valence-electron chi connectivity index (χ4n) is 2.75. The molecule has 0 radical (unpaired) electrons. The molecular weight excluding hydrogens is 236 g/mol. The minimum absolute atomic E-state index is 0.0453. The van der Waals surface area contributed by atoms with Crippen LogP contribution in [-0.2, 0) is 0 Å². The van der Waals surface area contributed by atoms with Crippen LogP contribution in [0.4, 0.5) is 5.69 Å². The van der Waals surface area contributed by atoms with Gasteiger partial charge in [0.1, 0.15) is 0 Å². The van der Waals surface area contributed by atoms with Crippen molar-refractivity contribution in [2.75, 3.05) is 12.3 Å². The Kier molecular flexibility index (Phi) is 4.46. The molecule has 1 fully saturated rings. The smallest absolute Gasteiger partial charge is 0.253 e. The van der Waals surface area contributed by atoms with Crippen LogP contribution in [0.3, 0.4) is 0 Å². The third kappa shape index (κ3) is 3.72. The van der Waals surface area contributed by atoms with Crippen LogP contribution < -0.4 is 11.1 Å². The molecule has 0 aromatic heterocycles. The van der Waals surface area contributed by atoms with Crippen molar-refractivity contribution in [1.82, 2.24) is 5.32 Å². The molecule has 0 bridgehead atoms. The molecule has 1 aromatic rings. The van der Waals surface area contributed by atoms with Crippen molar-refractivity contribution < 1.29 is 4.79 Å². The summed E-state index contributed by atoms with van der Waals surface area (Å²) in [6.45, 7) is 5.06. The number of rotatable bonds is 3. The number of carbonyl (C=O) groups is 1. The van der Waals surface area contributed by atoms with Gasteiger partial charge in [-0.15, -0.1) is 0 Å². The average molecular weight is 260 g/mol. The Balaban J connectivity index is 1.87. The Morgan fingerprint density at radius 3 is 2.63 bits per heavy atom. The third-order valence-electron chi connectivity index (χ3n) is 4.14. The molecule has 0 spiro atoms. The summed E-state index contributed by atoms with van der Waals surface area (Å²) in [5, 5.41) is 3.02. The second-order valence-electron chi connectivity index (χ2n) is 5.93. The van der Waals surface area contributed by atoms with Gasteiger partial charge in [0.15, 0.2) is 0 Å². The van der Waals surface area contributed by atoms with Crippen molar-refractivity contribution in [1.29, 1.82) is 0 Å². The van der Waals surface area contributed by atoms with Gasteiger partial charge in [0.05, 0.1) is 5.56 Å². The van der Waals surface area contributed by atoms with Gasteiger partial charge in [0, 0.05) is 12.2 Å². The van der Waals surface area contributed by atoms with Crippen LogP contribution in [0.25, 0.3) is 0 Å². The number of carbonyl (C=O) groups excluding carboxylic acids is 1. The maximum atomic E-state index is 12.1. The summed E-state index contributed by atoms with van der Waals surface area (Å²) in [6.07, 6.45) is 5.02. The zero-order valence-electron chi connectivity index (χ0n) is 11.9. The van der Waals surface area contributed by atoms with E-state index in [0.717, 1.165) is 18.0 Å². The number of nitrogens with two attached hydrogens (primary N) is 1. The van der Waals surface area contributed by atoms with E-state index in [-0.39, 0.29) is 5.91 Å². The van der Waals surface area contributed by atoms with E-state index in [9.17, 15) is 4.79 Å². The number of nitrogen functional groups attached to an aromatic ring is 1. The molecule has 19 heavy (non-hydrogen) atoms. The van der Waals surface area contributed by atoms with Crippen molar-refractivity contribution in [2.24, 2.45) is 11.8 Å². The van der Waals surface area contributed by atoms with Crippen LogP contribution in [-0.4, -0.2) is 12.5 Å². The molecule has 0 aliphatic heterocycles. The van der Waals surface area contributed by atoms with E-state index in [2.05, 4.69) is 12.2 Å². The standard InChI is InChI=1S/C16H24N2O/c1-11-3-6-13(7-4-11)10-18-16(19)14-8-5-12(2)9-15(14)17/h5,8-9,11,13H,3-4,6-7,10,17H2,1-2H3,(H,18,19). The molecule has 0 heterocycles. The van der Waals surface area contributed by atoms with Crippen molar-refractivity contribution >= 4 is 11.6 Å². The first-order valence-corrected chi connectivity index (χ1v) is 7.20. The summed E-state index contributed by atoms with van der Waals surface area (Å²) in [5.74, 6) is 1.43. The van der Waals surface area contributed by atoms with Gasteiger partial charge in [-0.25, -0.2) is 0 Å². The molecule has 1 amide bonds. The number of hydrogen-bond acceptors (Lipinski definition) is 2. The van der Waals surface area contributed by atoms with Crippen molar-refractivity contribution in [3.8, 4) is 0 Å². The van der Waals surface area contributed by atoms with Gasteiger partial charge in [-0.2, -0.15) is 0 Å². The molecular formula is C16H24N2O. The molecule has 3 N–H and O–H groups in total. The fourth-order valence-corrected chi connectivity index (χ4v) is 2.75. The van der Waals surface area contributed by atoms with Gasteiger partial charge in [-0.3, -0.25) is 4.79 Å². The number of anilines is 1. The van der Waals surface area contributed by atoms with Gasteiger partial charge >= 0.3 is 0 Å². The number of aryl methyl sites for hydroxylation is 1. The van der Waals surface area contributed by atoms with E-state index in [1.165, 1.54) is 25.7 Å². The predicted octanol–water partition coefficient (Wildman–Crippen LogP) is 3.13. The van der Waals surface area contributed by atoms with E-state index in [4.69, 9.17) is 5.73 Å². The van der Waals surface area contributed by atoms with Crippen LogP contribution in [0.2, 0.25) is 0 Å². The quantitative estimate of drug-likeness (QED) is 0.820. The maximum Gasteiger partial charge on any atom is 0.253 e. The average Bonchev–Trinajstić information content (AvgIpc) is 2.37. The number of amides is 1. The van der Waals surface area contributed by atoms with Crippen molar-refractivity contribution in [3.05, 3.63) is 29.3 Å². The molecule has 0 saturated heterocycles. The minimum atomic E-state index is -0.0453. The molecule has 3 nitrogen and oxygen atoms in total. The van der Waals surface area contributed by atoms with Crippen LogP contribution >= 0.6 is 0 Å². The molecule has 1 aliphatic rings. The minimum Gasteiger partial charge on any atom is -0.398 e. The van der Waals surface area contributed by atoms with E-state index in [0.29, 0.717) is 17.2 Å². The normalized spacial score (nSPS) is 23.1. The molecule has 2 rings (SSSR count). The summed E-state index contributed by atoms with van der Waals surface area (Å²) in [4.78, 5) is 12.1. The van der Waals surface area contributed by atoms with Gasteiger partial charge in [0.25, 0.3) is 5.91 Å². The maximum absolute atomic E-state index is 12.1. The first kappa shape index (κ1) is 13.9. The summed E-state index contributed by atoms with van der Waals surface area (Å²) < 4.78 is 0. The Morgan fingerprint density at radius 1 is 1.32 bits per heavy atom. The lowest BCUT2D eigenvalue weighted by atomic mass is 9.83. The van der Waals surface area contributed by atoms with Crippen molar-refractivity contribution in [3.63, 3.8) is 0 Å². The number of hydrogen-bond donors (Lipinski definition) is 2. The first-order chi connectivity index (χ1) is 9.06. The molecule has 1 saturated carbocycles. The largest absolute Gasteiger partial charge is 0.398 e. The predicted molar refractivity (Wildman–Crippen MR) is 79.0 cm³/mol. The molecule has 0 atom stereocenters. The summed E-state index contributed by atoms with van der Waals surface area (Å²) in [6, 6.07) is 5.58. The van der Waals surface area contributed by atoms with E-state index in [1.807, 2.05) is 25.1 Å². The van der Waals surface area contributed by atoms with Gasteiger partial charge in [-0.05, 0) is 49.3 Å². The number of nitrogens with one attached hydrogen (secondary N) is 1. The highest BCUT2D eigenvalue weighted by atomic mass is 16.1. The van der Waals surface area contributed by atoms with Crippen LogP contribution in [0.5, 0.6) is 0 Å². The van der Waals surface area contributed by atoms with E-state index < -0.39 is 0 Å². The fraction of sp³-hybridized carbons (Fsp3) is 0.562.